The molecule has 4 heteroatoms. The molecule has 0 N–H and O–H groups in total. The van der Waals surface area contributed by atoms with Crippen LogP contribution in [-0.4, -0.2) is 39.0 Å². The average Bonchev–Trinajstić information content (AvgIpc) is 1.99. The number of carbonyl (C=O) groups is 2. The van der Waals surface area contributed by atoms with Crippen molar-refractivity contribution >= 4 is 11.6 Å². The molecule has 0 atom stereocenters. The Kier molecular flexibility index (Phi) is 12.8. The van der Waals surface area contributed by atoms with Crippen molar-refractivity contribution in [3.63, 3.8) is 0 Å². The molecule has 0 rings (SSSR count). The van der Waals surface area contributed by atoms with Crippen LogP contribution in [0, 0.1) is 0 Å². The number of ether oxygens (including phenoxy) is 2. The van der Waals surface area contributed by atoms with E-state index in [4.69, 9.17) is 0 Å². The van der Waals surface area contributed by atoms with Crippen LogP contribution in [0.3, 0.4) is 0 Å². The second-order valence-corrected chi connectivity index (χ2v) is 2.57. The lowest BCUT2D eigenvalue weighted by atomic mass is 10.2. The third-order valence-electron chi connectivity index (χ3n) is 0.989. The maximum Gasteiger partial charge on any atom is 0.137 e. The van der Waals surface area contributed by atoms with Crippen LogP contribution in [0.4, 0.5) is 0 Å². The van der Waals surface area contributed by atoms with Gasteiger partial charge in [0.15, 0.2) is 0 Å². The molecule has 13 heavy (non-hydrogen) atoms. The van der Waals surface area contributed by atoms with E-state index in [0.717, 1.165) is 0 Å². The molecular weight excluding hydrogens is 172 g/mol. The zero-order valence-corrected chi connectivity index (χ0v) is 8.75. The van der Waals surface area contributed by atoms with E-state index < -0.39 is 0 Å². The minimum absolute atomic E-state index is 0.0625. The lowest BCUT2D eigenvalue weighted by Gasteiger charge is -1.91. The number of hydrogen-bond donors (Lipinski definition) is 0. The van der Waals surface area contributed by atoms with Crippen molar-refractivity contribution in [1.29, 1.82) is 0 Å². The van der Waals surface area contributed by atoms with Gasteiger partial charge in [-0.05, 0) is 13.8 Å². The lowest BCUT2D eigenvalue weighted by Crippen LogP contribution is -1.97. The normalized spacial score (nSPS) is 8.62. The minimum Gasteiger partial charge on any atom is -0.382 e. The van der Waals surface area contributed by atoms with Crippen molar-refractivity contribution in [3.05, 3.63) is 0 Å². The zero-order chi connectivity index (χ0) is 10.7. The third-order valence-corrected chi connectivity index (χ3v) is 0.989. The van der Waals surface area contributed by atoms with Crippen LogP contribution in [0.5, 0.6) is 0 Å². The highest BCUT2D eigenvalue weighted by molar-refractivity contribution is 5.96. The summed E-state index contributed by atoms with van der Waals surface area (Å²) >= 11 is 0. The Morgan fingerprint density at radius 1 is 0.923 bits per heavy atom. The minimum atomic E-state index is -0.0625. The molecule has 0 bridgehead atoms. The number of ketones is 2. The molecule has 0 aliphatic heterocycles. The van der Waals surface area contributed by atoms with E-state index in [9.17, 15) is 9.59 Å². The summed E-state index contributed by atoms with van der Waals surface area (Å²) in [5, 5.41) is 0. The Hall–Kier alpha value is -0.740. The van der Waals surface area contributed by atoms with Gasteiger partial charge in [-0.1, -0.05) is 0 Å². The first-order chi connectivity index (χ1) is 6.04. The number of Topliss-reactive ketones (excluding diaryl/α,β-unsaturated/α-hetero) is 2. The molecule has 0 aromatic heterocycles. The number of carbonyl (C=O) groups excluding carboxylic acids is 2. The maximum absolute atomic E-state index is 10.0. The highest BCUT2D eigenvalue weighted by Crippen LogP contribution is 1.80. The van der Waals surface area contributed by atoms with E-state index in [0.29, 0.717) is 13.2 Å². The van der Waals surface area contributed by atoms with Gasteiger partial charge in [-0.3, -0.25) is 9.59 Å². The largest absolute Gasteiger partial charge is 0.382 e. The van der Waals surface area contributed by atoms with Crippen LogP contribution in [0.1, 0.15) is 20.3 Å². The highest BCUT2D eigenvalue weighted by atomic mass is 16.5. The lowest BCUT2D eigenvalue weighted by molar-refractivity contribution is -0.124. The summed E-state index contributed by atoms with van der Waals surface area (Å²) in [6.45, 7) is 4.19. The Morgan fingerprint density at radius 2 is 1.23 bits per heavy atom. The predicted octanol–water partition coefficient (Wildman–Crippen LogP) is 0.834. The van der Waals surface area contributed by atoms with Crippen molar-refractivity contribution in [2.24, 2.45) is 0 Å². The summed E-state index contributed by atoms with van der Waals surface area (Å²) in [4.78, 5) is 20.1. The van der Waals surface area contributed by atoms with Gasteiger partial charge >= 0.3 is 0 Å². The molecule has 0 unspecified atom stereocenters. The fourth-order valence-electron chi connectivity index (χ4n) is 0.517. The molecule has 0 saturated carbocycles. The van der Waals surface area contributed by atoms with E-state index in [1.807, 2.05) is 0 Å². The first kappa shape index (κ1) is 14.8. The van der Waals surface area contributed by atoms with Gasteiger partial charge in [0.2, 0.25) is 0 Å². The quantitative estimate of drug-likeness (QED) is 0.476. The van der Waals surface area contributed by atoms with Gasteiger partial charge in [0, 0.05) is 14.2 Å². The number of methoxy groups -OCH3 is 2. The van der Waals surface area contributed by atoms with Gasteiger partial charge in [0.1, 0.15) is 11.6 Å². The highest BCUT2D eigenvalue weighted by Gasteiger charge is 1.94. The van der Waals surface area contributed by atoms with Crippen molar-refractivity contribution in [1.82, 2.24) is 0 Å². The van der Waals surface area contributed by atoms with Gasteiger partial charge in [-0.2, -0.15) is 0 Å². The summed E-state index contributed by atoms with van der Waals surface area (Å²) < 4.78 is 9.31. The maximum atomic E-state index is 10.0. The van der Waals surface area contributed by atoms with Crippen molar-refractivity contribution in [2.45, 2.75) is 20.3 Å². The van der Waals surface area contributed by atoms with Crippen molar-refractivity contribution < 1.29 is 19.1 Å². The molecule has 0 aromatic rings. The summed E-state index contributed by atoms with van der Waals surface area (Å²) in [5.74, 6) is -0.125. The van der Waals surface area contributed by atoms with Gasteiger partial charge in [-0.25, -0.2) is 0 Å². The molecule has 78 valence electrons. The fraction of sp³-hybridized carbons (Fsp3) is 0.778. The van der Waals surface area contributed by atoms with E-state index >= 15 is 0 Å². The van der Waals surface area contributed by atoms with Crippen LogP contribution in [0.25, 0.3) is 0 Å². The summed E-state index contributed by atoms with van der Waals surface area (Å²) in [7, 11) is 3.30. The van der Waals surface area contributed by atoms with Gasteiger partial charge in [0.25, 0.3) is 0 Å². The Morgan fingerprint density at radius 3 is 1.31 bits per heavy atom. The van der Waals surface area contributed by atoms with Crippen molar-refractivity contribution in [3.8, 4) is 0 Å². The average molecular weight is 190 g/mol. The van der Waals surface area contributed by atoms with Crippen molar-refractivity contribution in [2.75, 3.05) is 27.4 Å². The summed E-state index contributed by atoms with van der Waals surface area (Å²) in [6.07, 6.45) is 0.0833. The first-order valence-electron chi connectivity index (χ1n) is 4.01. The number of rotatable bonds is 5. The smallest absolute Gasteiger partial charge is 0.137 e. The molecule has 0 heterocycles. The van der Waals surface area contributed by atoms with Crippen LogP contribution in [0.2, 0.25) is 0 Å². The second kappa shape index (κ2) is 11.3. The monoisotopic (exact) mass is 190 g/mol. The Bertz CT molecular complexity index is 127. The van der Waals surface area contributed by atoms with Gasteiger partial charge in [-0.15, -0.1) is 0 Å². The molecule has 0 aromatic carbocycles. The van der Waals surface area contributed by atoms with E-state index in [1.165, 1.54) is 13.8 Å². The van der Waals surface area contributed by atoms with E-state index in [-0.39, 0.29) is 18.0 Å². The van der Waals surface area contributed by atoms with Crippen LogP contribution in [0.15, 0.2) is 0 Å². The topological polar surface area (TPSA) is 52.6 Å². The zero-order valence-electron chi connectivity index (χ0n) is 8.75. The van der Waals surface area contributed by atoms with Crippen LogP contribution in [-0.2, 0) is 19.1 Å². The molecule has 0 amide bonds. The summed E-state index contributed by atoms with van der Waals surface area (Å²) in [6, 6.07) is 0. The third kappa shape index (κ3) is 24.6. The Labute approximate surface area is 79.2 Å². The van der Waals surface area contributed by atoms with Gasteiger partial charge < -0.3 is 9.47 Å². The molecule has 0 fully saturated rings. The first-order valence-corrected chi connectivity index (χ1v) is 4.01. The fourth-order valence-corrected chi connectivity index (χ4v) is 0.517. The molecule has 0 radical (unpaired) electrons. The summed E-state index contributed by atoms with van der Waals surface area (Å²) in [5.41, 5.74) is 0. The van der Waals surface area contributed by atoms with Crippen LogP contribution < -0.4 is 0 Å². The predicted molar refractivity (Wildman–Crippen MR) is 49.7 cm³/mol. The van der Waals surface area contributed by atoms with Crippen LogP contribution >= 0.6 is 0 Å². The number of hydrogen-bond acceptors (Lipinski definition) is 4. The molecule has 4 nitrogen and oxygen atoms in total. The molecule has 0 saturated heterocycles. The van der Waals surface area contributed by atoms with Gasteiger partial charge in [0.05, 0.1) is 19.6 Å². The molecular formula is C9H18O4. The standard InChI is InChI=1S/C5H8O2.C4H10O2/c1-4(6)3-5(2)7;1-5-3-4-6-2/h3H2,1-2H3;3-4H2,1-2H3. The molecule has 0 aliphatic carbocycles. The second-order valence-electron chi connectivity index (χ2n) is 2.57. The Balaban J connectivity index is 0. The molecule has 0 spiro atoms. The SMILES string of the molecule is CC(=O)CC(C)=O.COCCOC. The molecule has 0 aliphatic rings. The van der Waals surface area contributed by atoms with E-state index in [1.54, 1.807) is 14.2 Å². The van der Waals surface area contributed by atoms with E-state index in [2.05, 4.69) is 9.47 Å².